The molecule has 4 heteroatoms. The fourth-order valence-electron chi connectivity index (χ4n) is 11.0. The zero-order valence-corrected chi connectivity index (χ0v) is 39.0. The minimum absolute atomic E-state index is 0.394. The molecule has 0 fully saturated rings. The average Bonchev–Trinajstić information content (AvgIpc) is 3.97. The van der Waals surface area contributed by atoms with Crippen molar-refractivity contribution in [2.24, 2.45) is 0 Å². The van der Waals surface area contributed by atoms with E-state index >= 15 is 0 Å². The molecule has 0 saturated carbocycles. The number of fused-ring (bicyclic) bond motifs is 6. The van der Waals surface area contributed by atoms with Crippen LogP contribution in [0.25, 0.3) is 122 Å². The molecule has 11 aromatic carbocycles. The van der Waals surface area contributed by atoms with Gasteiger partial charge in [-0.25, -0.2) is 0 Å². The van der Waals surface area contributed by atoms with Gasteiger partial charge in [0.1, 0.15) is 12.1 Å². The van der Waals surface area contributed by atoms with Gasteiger partial charge < -0.3 is 9.13 Å². The van der Waals surface area contributed by atoms with Crippen molar-refractivity contribution in [3.8, 4) is 90.3 Å². The fraction of sp³-hybridized carbons (Fsp3) is 0. The second-order valence-corrected chi connectivity index (χ2v) is 18.2. The summed E-state index contributed by atoms with van der Waals surface area (Å²) in [5, 5.41) is 28.8. The molecule has 2 heterocycles. The molecule has 0 amide bonds. The lowest BCUT2D eigenvalue weighted by Crippen LogP contribution is -2.11. The fourth-order valence-corrected chi connectivity index (χ4v) is 11.0. The first-order valence-electron chi connectivity index (χ1n) is 24.2. The molecule has 0 bridgehead atoms. The van der Waals surface area contributed by atoms with Gasteiger partial charge in [0.15, 0.2) is 0 Å². The number of rotatable bonds is 8. The predicted octanol–water partition coefficient (Wildman–Crippen LogP) is 17.6. The third-order valence-electron chi connectivity index (χ3n) is 14.2. The van der Waals surface area contributed by atoms with Crippen molar-refractivity contribution < 1.29 is 0 Å². The zero-order chi connectivity index (χ0) is 48.1. The molecule has 72 heavy (non-hydrogen) atoms. The number of aromatic nitrogens is 2. The van der Waals surface area contributed by atoms with Crippen LogP contribution in [0.15, 0.2) is 255 Å². The Hall–Kier alpha value is -10.0. The smallest absolute Gasteiger partial charge is 0.102 e. The SMILES string of the molecule is N#Cc1c(-c2cc(-c3ccccc3)cc(-c3ccccc3)c2)c(-n2c3ccccc3c3ccccc32)c(-c2cc(-c3ccccc3)cc(-c3ccccc3)c2)c(C#N)c1-n1c2ccccc2c2ccccc21. The number of hydrogen-bond donors (Lipinski definition) is 0. The molecule has 0 unspecified atom stereocenters. The minimum atomic E-state index is 0.394. The van der Waals surface area contributed by atoms with E-state index in [-0.39, 0.29) is 0 Å². The first-order chi connectivity index (χ1) is 35.7. The van der Waals surface area contributed by atoms with Crippen molar-refractivity contribution in [2.45, 2.75) is 0 Å². The lowest BCUT2D eigenvalue weighted by atomic mass is 9.83. The molecular formula is C68H42N4. The van der Waals surface area contributed by atoms with Gasteiger partial charge in [-0.05, 0) is 116 Å². The van der Waals surface area contributed by atoms with E-state index in [0.717, 1.165) is 116 Å². The van der Waals surface area contributed by atoms with Crippen LogP contribution in [0.5, 0.6) is 0 Å². The molecular weight excluding hydrogens is 873 g/mol. The minimum Gasteiger partial charge on any atom is -0.308 e. The van der Waals surface area contributed by atoms with Crippen LogP contribution in [0.1, 0.15) is 11.1 Å². The Morgan fingerprint density at radius 3 is 0.750 bits per heavy atom. The summed E-state index contributed by atoms with van der Waals surface area (Å²) in [6.45, 7) is 0. The average molecular weight is 915 g/mol. The van der Waals surface area contributed by atoms with Crippen LogP contribution >= 0.6 is 0 Å². The van der Waals surface area contributed by atoms with Crippen LogP contribution < -0.4 is 0 Å². The Morgan fingerprint density at radius 2 is 0.472 bits per heavy atom. The molecule has 0 radical (unpaired) electrons. The van der Waals surface area contributed by atoms with E-state index < -0.39 is 0 Å². The highest BCUT2D eigenvalue weighted by Gasteiger charge is 2.32. The molecule has 0 aliphatic carbocycles. The van der Waals surface area contributed by atoms with Crippen molar-refractivity contribution in [1.29, 1.82) is 10.5 Å². The van der Waals surface area contributed by atoms with Gasteiger partial charge >= 0.3 is 0 Å². The first kappa shape index (κ1) is 42.1. The van der Waals surface area contributed by atoms with Gasteiger partial charge in [-0.1, -0.05) is 194 Å². The summed E-state index contributed by atoms with van der Waals surface area (Å²) in [5.41, 5.74) is 17.1. The summed E-state index contributed by atoms with van der Waals surface area (Å²) < 4.78 is 4.49. The van der Waals surface area contributed by atoms with Gasteiger partial charge in [0.2, 0.25) is 0 Å². The molecule has 2 aromatic heterocycles. The lowest BCUT2D eigenvalue weighted by molar-refractivity contribution is 1.13. The van der Waals surface area contributed by atoms with Crippen LogP contribution in [-0.2, 0) is 0 Å². The van der Waals surface area contributed by atoms with Crippen LogP contribution in [0.4, 0.5) is 0 Å². The van der Waals surface area contributed by atoms with Gasteiger partial charge in [0, 0.05) is 32.7 Å². The van der Waals surface area contributed by atoms with Gasteiger partial charge in [-0.3, -0.25) is 0 Å². The van der Waals surface area contributed by atoms with Crippen LogP contribution in [0, 0.1) is 22.7 Å². The molecule has 0 saturated heterocycles. The highest BCUT2D eigenvalue weighted by molar-refractivity contribution is 6.14. The van der Waals surface area contributed by atoms with E-state index in [1.54, 1.807) is 0 Å². The molecule has 0 aliphatic heterocycles. The largest absolute Gasteiger partial charge is 0.308 e. The Morgan fingerprint density at radius 1 is 0.236 bits per heavy atom. The van der Waals surface area contributed by atoms with E-state index in [1.165, 1.54) is 0 Å². The maximum absolute atomic E-state index is 12.3. The monoisotopic (exact) mass is 914 g/mol. The Labute approximate surface area is 417 Å². The van der Waals surface area contributed by atoms with Crippen molar-refractivity contribution in [1.82, 2.24) is 9.13 Å². The number of nitrogens with zero attached hydrogens (tertiary/aromatic N) is 4. The number of nitriles is 2. The normalized spacial score (nSPS) is 11.3. The summed E-state index contributed by atoms with van der Waals surface area (Å²) in [5.74, 6) is 0. The molecule has 334 valence electrons. The highest BCUT2D eigenvalue weighted by atomic mass is 15.0. The molecule has 0 aliphatic rings. The molecule has 13 aromatic rings. The lowest BCUT2D eigenvalue weighted by Gasteiger charge is -2.26. The maximum Gasteiger partial charge on any atom is 0.102 e. The van der Waals surface area contributed by atoms with Gasteiger partial charge in [0.05, 0.1) is 44.6 Å². The molecule has 0 atom stereocenters. The van der Waals surface area contributed by atoms with Crippen molar-refractivity contribution in [3.05, 3.63) is 266 Å². The second kappa shape index (κ2) is 17.5. The Kier molecular flexibility index (Phi) is 10.2. The number of benzene rings is 11. The third-order valence-corrected chi connectivity index (χ3v) is 14.2. The molecule has 4 nitrogen and oxygen atoms in total. The standard InChI is InChI=1S/C68H42N4/c69-43-59-65(53-39-49(45-21-5-1-6-22-45)37-50(40-53)46-23-7-2-8-24-46)68(72-63-35-19-15-31-57(63)58-32-16-20-36-64(58)72)66(54-41-51(47-25-9-3-10-26-47)38-52(42-54)48-27-11-4-12-28-48)60(44-70)67(59)71-61-33-17-13-29-55(61)56-30-14-18-34-62(56)71/h1-42H. The maximum atomic E-state index is 12.3. The predicted molar refractivity (Wildman–Crippen MR) is 297 cm³/mol. The Bertz CT molecular complexity index is 3930. The topological polar surface area (TPSA) is 57.4 Å². The molecule has 0 spiro atoms. The summed E-state index contributed by atoms with van der Waals surface area (Å²) >= 11 is 0. The van der Waals surface area contributed by atoms with E-state index in [0.29, 0.717) is 16.8 Å². The van der Waals surface area contributed by atoms with Gasteiger partial charge in [-0.15, -0.1) is 0 Å². The van der Waals surface area contributed by atoms with Crippen molar-refractivity contribution in [2.75, 3.05) is 0 Å². The Balaban J connectivity index is 1.31. The third kappa shape index (κ3) is 6.90. The molecule has 0 N–H and O–H groups in total. The summed E-state index contributed by atoms with van der Waals surface area (Å²) in [7, 11) is 0. The molecule has 13 rings (SSSR count). The number of para-hydroxylation sites is 4. The van der Waals surface area contributed by atoms with E-state index in [2.05, 4.69) is 240 Å². The highest BCUT2D eigenvalue weighted by Crippen LogP contribution is 2.51. The number of hydrogen-bond acceptors (Lipinski definition) is 2. The summed E-state index contributed by atoms with van der Waals surface area (Å²) in [4.78, 5) is 0. The quantitative estimate of drug-likeness (QED) is 0.152. The summed E-state index contributed by atoms with van der Waals surface area (Å²) in [6, 6.07) is 94.5. The van der Waals surface area contributed by atoms with Crippen molar-refractivity contribution >= 4 is 43.6 Å². The van der Waals surface area contributed by atoms with Crippen LogP contribution in [-0.4, -0.2) is 9.13 Å². The van der Waals surface area contributed by atoms with Crippen molar-refractivity contribution in [3.63, 3.8) is 0 Å². The van der Waals surface area contributed by atoms with E-state index in [9.17, 15) is 10.5 Å². The van der Waals surface area contributed by atoms with E-state index in [4.69, 9.17) is 0 Å². The first-order valence-corrected chi connectivity index (χ1v) is 24.2. The second-order valence-electron chi connectivity index (χ2n) is 18.2. The van der Waals surface area contributed by atoms with Gasteiger partial charge in [-0.2, -0.15) is 10.5 Å². The van der Waals surface area contributed by atoms with E-state index in [1.807, 2.05) is 36.4 Å². The zero-order valence-electron chi connectivity index (χ0n) is 39.0. The van der Waals surface area contributed by atoms with Crippen LogP contribution in [0.3, 0.4) is 0 Å². The van der Waals surface area contributed by atoms with Gasteiger partial charge in [0.25, 0.3) is 0 Å². The van der Waals surface area contributed by atoms with Crippen LogP contribution in [0.2, 0.25) is 0 Å². The summed E-state index contributed by atoms with van der Waals surface area (Å²) in [6.07, 6.45) is 0.